The minimum atomic E-state index is -0.362. The maximum absolute atomic E-state index is 13.2. The van der Waals surface area contributed by atoms with Crippen molar-refractivity contribution in [3.8, 4) is 0 Å². The molecule has 2 rings (SSSR count). The zero-order valence-corrected chi connectivity index (χ0v) is 9.91. The molecule has 1 aliphatic heterocycles. The summed E-state index contributed by atoms with van der Waals surface area (Å²) >= 11 is 0. The number of carbonyl (C=O) groups is 1. The Morgan fingerprint density at radius 1 is 1.41 bits per heavy atom. The van der Waals surface area contributed by atoms with Gasteiger partial charge in [-0.05, 0) is 17.7 Å². The van der Waals surface area contributed by atoms with E-state index in [1.54, 1.807) is 11.0 Å². The van der Waals surface area contributed by atoms with Gasteiger partial charge in [-0.15, -0.1) is 0 Å². The van der Waals surface area contributed by atoms with E-state index in [4.69, 9.17) is 4.74 Å². The summed E-state index contributed by atoms with van der Waals surface area (Å²) in [6.45, 7) is 2.28. The summed E-state index contributed by atoms with van der Waals surface area (Å²) in [6.07, 6.45) is 0.728. The fourth-order valence-corrected chi connectivity index (χ4v) is 1.99. The van der Waals surface area contributed by atoms with E-state index in [0.29, 0.717) is 31.9 Å². The Labute approximate surface area is 101 Å². The van der Waals surface area contributed by atoms with Crippen molar-refractivity contribution in [2.24, 2.45) is 0 Å². The fraction of sp³-hybridized carbons (Fsp3) is 0.417. The second kappa shape index (κ2) is 5.32. The molecule has 1 aromatic carbocycles. The molecule has 1 heterocycles. The van der Waals surface area contributed by atoms with E-state index in [1.807, 2.05) is 7.85 Å². The smallest absolute Gasteiger partial charge is 0.254 e. The molecule has 90 valence electrons. The van der Waals surface area contributed by atoms with Crippen LogP contribution in [0.2, 0.25) is 0 Å². The molecule has 0 radical (unpaired) electrons. The van der Waals surface area contributed by atoms with E-state index < -0.39 is 0 Å². The van der Waals surface area contributed by atoms with Crippen molar-refractivity contribution in [2.45, 2.75) is 6.32 Å². The monoisotopic (exact) mass is 235 g/mol. The lowest BCUT2D eigenvalue weighted by Gasteiger charge is -2.27. The van der Waals surface area contributed by atoms with Crippen molar-refractivity contribution in [1.29, 1.82) is 0 Å². The molecular weight excluding hydrogens is 220 g/mol. The summed E-state index contributed by atoms with van der Waals surface area (Å²) < 4.78 is 18.4. The summed E-state index contributed by atoms with van der Waals surface area (Å²) in [6, 6.07) is 4.41. The lowest BCUT2D eigenvalue weighted by atomic mass is 9.92. The first-order valence-electron chi connectivity index (χ1n) is 5.88. The van der Waals surface area contributed by atoms with E-state index in [0.717, 1.165) is 11.9 Å². The van der Waals surface area contributed by atoms with E-state index in [-0.39, 0.29) is 11.7 Å². The number of halogens is 1. The summed E-state index contributed by atoms with van der Waals surface area (Å²) in [4.78, 5) is 14.0. The Bertz CT molecular complexity index is 419. The van der Waals surface area contributed by atoms with Gasteiger partial charge in [-0.1, -0.05) is 12.4 Å². The third kappa shape index (κ3) is 2.66. The highest BCUT2D eigenvalue weighted by molar-refractivity contribution is 6.09. The van der Waals surface area contributed by atoms with Gasteiger partial charge in [0.15, 0.2) is 0 Å². The number of amides is 1. The lowest BCUT2D eigenvalue weighted by Crippen LogP contribution is -2.41. The van der Waals surface area contributed by atoms with Crippen LogP contribution in [0.4, 0.5) is 4.39 Å². The molecule has 0 N–H and O–H groups in total. The molecule has 0 unspecified atom stereocenters. The normalized spacial score (nSPS) is 15.9. The van der Waals surface area contributed by atoms with Gasteiger partial charge in [-0.2, -0.15) is 0 Å². The van der Waals surface area contributed by atoms with E-state index in [2.05, 4.69) is 0 Å². The van der Waals surface area contributed by atoms with Gasteiger partial charge in [0.1, 0.15) is 13.7 Å². The first-order chi connectivity index (χ1) is 8.22. The second-order valence-electron chi connectivity index (χ2n) is 4.06. The molecule has 0 spiro atoms. The van der Waals surface area contributed by atoms with Crippen LogP contribution in [0, 0.1) is 5.82 Å². The highest BCUT2D eigenvalue weighted by atomic mass is 19.1. The second-order valence-corrected chi connectivity index (χ2v) is 4.06. The fourth-order valence-electron chi connectivity index (χ4n) is 1.99. The molecule has 0 aliphatic carbocycles. The van der Waals surface area contributed by atoms with Crippen LogP contribution < -0.4 is 0 Å². The minimum Gasteiger partial charge on any atom is -0.378 e. The molecule has 3 nitrogen and oxygen atoms in total. The predicted octanol–water partition coefficient (Wildman–Crippen LogP) is 0.431. The first kappa shape index (κ1) is 12.1. The number of carbonyl (C=O) groups excluding carboxylic acids is 1. The van der Waals surface area contributed by atoms with E-state index in [1.165, 1.54) is 12.1 Å². The van der Waals surface area contributed by atoms with Gasteiger partial charge in [0.05, 0.1) is 13.2 Å². The maximum atomic E-state index is 13.2. The van der Waals surface area contributed by atoms with Crippen LogP contribution in [-0.2, 0) is 11.1 Å². The molecule has 0 atom stereocenters. The summed E-state index contributed by atoms with van der Waals surface area (Å²) in [5, 5.41) is 0. The SMILES string of the molecule is BCc1ccc(F)cc1C(=O)N1CCOCC1. The molecule has 1 aliphatic rings. The molecular formula is C12H15BFNO2. The molecule has 5 heteroatoms. The molecule has 0 aromatic heterocycles. The van der Waals surface area contributed by atoms with Crippen molar-refractivity contribution in [2.75, 3.05) is 26.3 Å². The zero-order chi connectivity index (χ0) is 12.3. The van der Waals surface area contributed by atoms with E-state index >= 15 is 0 Å². The number of morpholine rings is 1. The minimum absolute atomic E-state index is 0.0929. The van der Waals surface area contributed by atoms with Crippen LogP contribution in [0.3, 0.4) is 0 Å². The number of nitrogens with zero attached hydrogens (tertiary/aromatic N) is 1. The molecule has 1 saturated heterocycles. The third-order valence-electron chi connectivity index (χ3n) is 2.98. The van der Waals surface area contributed by atoms with Gasteiger partial charge >= 0.3 is 0 Å². The molecule has 17 heavy (non-hydrogen) atoms. The van der Waals surface area contributed by atoms with Crippen LogP contribution >= 0.6 is 0 Å². The van der Waals surface area contributed by atoms with Gasteiger partial charge in [0, 0.05) is 18.7 Å². The average Bonchev–Trinajstić information content (AvgIpc) is 2.39. The van der Waals surface area contributed by atoms with Gasteiger partial charge < -0.3 is 9.64 Å². The topological polar surface area (TPSA) is 29.5 Å². The molecule has 0 saturated carbocycles. The van der Waals surface area contributed by atoms with E-state index in [9.17, 15) is 9.18 Å². The number of benzene rings is 1. The Balaban J connectivity index is 2.25. The summed E-state index contributed by atoms with van der Waals surface area (Å²) in [5.74, 6) is -0.455. The van der Waals surface area contributed by atoms with Crippen molar-refractivity contribution in [3.05, 3.63) is 35.1 Å². The number of hydrogen-bond donors (Lipinski definition) is 0. The molecule has 0 bridgehead atoms. The zero-order valence-electron chi connectivity index (χ0n) is 9.91. The average molecular weight is 235 g/mol. The number of ether oxygens (including phenoxy) is 1. The van der Waals surface area contributed by atoms with Crippen molar-refractivity contribution >= 4 is 13.8 Å². The number of rotatable bonds is 2. The molecule has 1 amide bonds. The predicted molar refractivity (Wildman–Crippen MR) is 65.4 cm³/mol. The number of hydrogen-bond acceptors (Lipinski definition) is 2. The Morgan fingerprint density at radius 3 is 2.76 bits per heavy atom. The quantitative estimate of drug-likeness (QED) is 0.696. The van der Waals surface area contributed by atoms with Crippen LogP contribution in [-0.4, -0.2) is 45.0 Å². The molecule has 1 fully saturated rings. The largest absolute Gasteiger partial charge is 0.378 e. The summed E-state index contributed by atoms with van der Waals surface area (Å²) in [7, 11) is 1.96. The van der Waals surface area contributed by atoms with Crippen LogP contribution in [0.1, 0.15) is 15.9 Å². The lowest BCUT2D eigenvalue weighted by molar-refractivity contribution is 0.0302. The third-order valence-corrected chi connectivity index (χ3v) is 2.98. The van der Waals surface area contributed by atoms with Crippen molar-refractivity contribution in [3.63, 3.8) is 0 Å². The van der Waals surface area contributed by atoms with Crippen molar-refractivity contribution < 1.29 is 13.9 Å². The molecule has 1 aromatic rings. The highest BCUT2D eigenvalue weighted by Gasteiger charge is 2.20. The summed E-state index contributed by atoms with van der Waals surface area (Å²) in [5.41, 5.74) is 1.37. The van der Waals surface area contributed by atoms with Gasteiger partial charge in [0.25, 0.3) is 5.91 Å². The van der Waals surface area contributed by atoms with Crippen LogP contribution in [0.25, 0.3) is 0 Å². The Kier molecular flexibility index (Phi) is 3.79. The Morgan fingerprint density at radius 2 is 2.12 bits per heavy atom. The van der Waals surface area contributed by atoms with Crippen LogP contribution in [0.15, 0.2) is 18.2 Å². The van der Waals surface area contributed by atoms with Crippen LogP contribution in [0.5, 0.6) is 0 Å². The Hall–Kier alpha value is -1.36. The standard InChI is InChI=1S/C12H15BFNO2/c13-8-9-1-2-10(14)7-11(9)12(16)15-3-5-17-6-4-15/h1-2,7H,3-6,8,13H2. The first-order valence-corrected chi connectivity index (χ1v) is 5.88. The van der Waals surface area contributed by atoms with Gasteiger partial charge in [-0.25, -0.2) is 4.39 Å². The highest BCUT2D eigenvalue weighted by Crippen LogP contribution is 2.15. The van der Waals surface area contributed by atoms with Gasteiger partial charge in [-0.3, -0.25) is 4.79 Å². The van der Waals surface area contributed by atoms with Crippen molar-refractivity contribution in [1.82, 2.24) is 4.90 Å². The van der Waals surface area contributed by atoms with Gasteiger partial charge in [0.2, 0.25) is 0 Å². The maximum Gasteiger partial charge on any atom is 0.254 e.